The molecule has 164 valence electrons. The number of phenolic OH excluding ortho intramolecular Hbond substituents is 1. The monoisotopic (exact) mass is 493 g/mol. The van der Waals surface area contributed by atoms with Crippen LogP contribution in [0.1, 0.15) is 38.2 Å². The van der Waals surface area contributed by atoms with E-state index in [1.165, 1.54) is 13.2 Å². The lowest BCUT2D eigenvalue weighted by Gasteiger charge is -2.44. The Hall–Kier alpha value is -3.24. The third kappa shape index (κ3) is 3.55. The molecule has 0 aromatic heterocycles. The van der Waals surface area contributed by atoms with E-state index in [4.69, 9.17) is 10.5 Å². The molecule has 0 amide bonds. The molecule has 0 saturated carbocycles. The van der Waals surface area contributed by atoms with Crippen molar-refractivity contribution in [1.29, 1.82) is 5.26 Å². The number of anilines is 1. The Morgan fingerprint density at radius 3 is 2.62 bits per heavy atom. The van der Waals surface area contributed by atoms with E-state index in [0.29, 0.717) is 35.4 Å². The summed E-state index contributed by atoms with van der Waals surface area (Å²) in [5, 5.41) is 20.2. The number of halogens is 1. The number of carbonyl (C=O) groups is 1. The van der Waals surface area contributed by atoms with Crippen molar-refractivity contribution < 1.29 is 14.6 Å². The van der Waals surface area contributed by atoms with Crippen molar-refractivity contribution in [2.45, 2.75) is 32.6 Å². The molecule has 2 aromatic carbocycles. The maximum absolute atomic E-state index is 13.5. The van der Waals surface area contributed by atoms with Crippen molar-refractivity contribution in [1.82, 2.24) is 0 Å². The SMILES string of the molecule is COc1cc(C2C(C#N)=C(N)N(c3ccccc3Br)C3=C2C(=O)CC(C)(C)C3)ccc1O. The first-order valence-corrected chi connectivity index (χ1v) is 11.1. The van der Waals surface area contributed by atoms with Crippen molar-refractivity contribution in [2.75, 3.05) is 12.0 Å². The molecule has 1 unspecified atom stereocenters. The number of nitriles is 1. The molecule has 0 saturated heterocycles. The maximum Gasteiger partial charge on any atom is 0.162 e. The third-order valence-corrected chi connectivity index (χ3v) is 6.68. The highest BCUT2D eigenvalue weighted by atomic mass is 79.9. The highest BCUT2D eigenvalue weighted by molar-refractivity contribution is 9.10. The van der Waals surface area contributed by atoms with Crippen molar-refractivity contribution in [2.24, 2.45) is 11.1 Å². The van der Waals surface area contributed by atoms with E-state index >= 15 is 0 Å². The molecule has 32 heavy (non-hydrogen) atoms. The second kappa shape index (κ2) is 8.03. The van der Waals surface area contributed by atoms with Gasteiger partial charge in [0.2, 0.25) is 0 Å². The van der Waals surface area contributed by atoms with Gasteiger partial charge in [0.15, 0.2) is 17.3 Å². The summed E-state index contributed by atoms with van der Waals surface area (Å²) in [6.45, 7) is 4.12. The summed E-state index contributed by atoms with van der Waals surface area (Å²) in [5.74, 6) is -0.0851. The van der Waals surface area contributed by atoms with Gasteiger partial charge in [0, 0.05) is 22.2 Å². The molecule has 6 nitrogen and oxygen atoms in total. The van der Waals surface area contributed by atoms with Crippen LogP contribution >= 0.6 is 15.9 Å². The molecule has 1 heterocycles. The maximum atomic E-state index is 13.5. The second-order valence-electron chi connectivity index (χ2n) is 8.86. The lowest BCUT2D eigenvalue weighted by Crippen LogP contribution is -2.42. The van der Waals surface area contributed by atoms with Crippen LogP contribution in [0.3, 0.4) is 0 Å². The van der Waals surface area contributed by atoms with Crippen molar-refractivity contribution in [3.05, 3.63) is 75.2 Å². The van der Waals surface area contributed by atoms with Gasteiger partial charge in [-0.05, 0) is 57.6 Å². The zero-order chi connectivity index (χ0) is 23.2. The van der Waals surface area contributed by atoms with Crippen LogP contribution in [0.15, 0.2) is 69.6 Å². The summed E-state index contributed by atoms with van der Waals surface area (Å²) in [4.78, 5) is 15.4. The minimum Gasteiger partial charge on any atom is -0.504 e. The number of allylic oxidation sites excluding steroid dienone is 3. The Labute approximate surface area is 195 Å². The van der Waals surface area contributed by atoms with Gasteiger partial charge in [-0.2, -0.15) is 5.26 Å². The van der Waals surface area contributed by atoms with Gasteiger partial charge in [-0.1, -0.05) is 32.0 Å². The molecule has 2 aliphatic rings. The van der Waals surface area contributed by atoms with Crippen LogP contribution in [0.25, 0.3) is 0 Å². The number of benzene rings is 2. The number of nitrogens with two attached hydrogens (primary N) is 1. The third-order valence-electron chi connectivity index (χ3n) is 6.01. The highest BCUT2D eigenvalue weighted by Gasteiger charge is 2.45. The predicted molar refractivity (Wildman–Crippen MR) is 126 cm³/mol. The van der Waals surface area contributed by atoms with Crippen molar-refractivity contribution >= 4 is 27.4 Å². The number of aromatic hydroxyl groups is 1. The Kier molecular flexibility index (Phi) is 5.51. The molecule has 4 rings (SSSR count). The Morgan fingerprint density at radius 2 is 1.97 bits per heavy atom. The van der Waals surface area contributed by atoms with Crippen LogP contribution < -0.4 is 15.4 Å². The van der Waals surface area contributed by atoms with E-state index in [1.54, 1.807) is 12.1 Å². The summed E-state index contributed by atoms with van der Waals surface area (Å²) < 4.78 is 6.09. The van der Waals surface area contributed by atoms with Gasteiger partial charge in [0.25, 0.3) is 0 Å². The number of methoxy groups -OCH3 is 1. The summed E-state index contributed by atoms with van der Waals surface area (Å²) >= 11 is 3.59. The topological polar surface area (TPSA) is 99.6 Å². The first-order valence-electron chi connectivity index (χ1n) is 10.3. The second-order valence-corrected chi connectivity index (χ2v) is 9.72. The number of phenols is 1. The fraction of sp³-hybridized carbons (Fsp3) is 0.280. The van der Waals surface area contributed by atoms with Crippen LogP contribution in [0.2, 0.25) is 0 Å². The van der Waals surface area contributed by atoms with Gasteiger partial charge in [-0.25, -0.2) is 0 Å². The summed E-state index contributed by atoms with van der Waals surface area (Å²) in [6, 6.07) is 14.7. The molecular formula is C25H24BrN3O3. The lowest BCUT2D eigenvalue weighted by molar-refractivity contribution is -0.118. The minimum atomic E-state index is -0.633. The molecule has 7 heteroatoms. The first kappa shape index (κ1) is 22.0. The molecule has 0 spiro atoms. The zero-order valence-electron chi connectivity index (χ0n) is 18.1. The van der Waals surface area contributed by atoms with Crippen molar-refractivity contribution in [3.8, 4) is 17.6 Å². The summed E-state index contributed by atoms with van der Waals surface area (Å²) in [5.41, 5.74) is 9.49. The Morgan fingerprint density at radius 1 is 1.25 bits per heavy atom. The number of nitrogens with zero attached hydrogens (tertiary/aromatic N) is 2. The van der Waals surface area contributed by atoms with Gasteiger partial charge in [-0.15, -0.1) is 0 Å². The predicted octanol–water partition coefficient (Wildman–Crippen LogP) is 5.10. The number of ether oxygens (including phenoxy) is 1. The minimum absolute atomic E-state index is 0.00871. The van der Waals surface area contributed by atoms with Crippen LogP contribution in [-0.4, -0.2) is 18.0 Å². The quantitative estimate of drug-likeness (QED) is 0.616. The standard InChI is InChI=1S/C25H24BrN3O3/c1-25(2)11-18-23(20(31)12-25)22(14-8-9-19(30)21(10-14)32-3)15(13-27)24(28)29(18)17-7-5-4-6-16(17)26/h4-10,22,30H,11-12,28H2,1-3H3. The van der Waals surface area contributed by atoms with E-state index in [2.05, 4.69) is 35.8 Å². The average molecular weight is 494 g/mol. The Bertz CT molecular complexity index is 1220. The fourth-order valence-corrected chi connectivity index (χ4v) is 5.09. The molecule has 0 bridgehead atoms. The van der Waals surface area contributed by atoms with Gasteiger partial charge in [0.1, 0.15) is 5.82 Å². The number of para-hydroxylation sites is 1. The molecule has 3 N–H and O–H groups in total. The molecular weight excluding hydrogens is 470 g/mol. The lowest BCUT2D eigenvalue weighted by atomic mass is 9.68. The summed E-state index contributed by atoms with van der Waals surface area (Å²) in [7, 11) is 1.46. The van der Waals surface area contributed by atoms with E-state index in [9.17, 15) is 15.2 Å². The number of carbonyl (C=O) groups excluding carboxylic acids is 1. The van der Waals surface area contributed by atoms with Gasteiger partial charge >= 0.3 is 0 Å². The molecule has 1 aliphatic carbocycles. The molecule has 0 fully saturated rings. The van der Waals surface area contributed by atoms with Crippen LogP contribution in [0.5, 0.6) is 11.5 Å². The van der Waals surface area contributed by atoms with Crippen LogP contribution in [0, 0.1) is 16.7 Å². The molecule has 1 atom stereocenters. The number of Topliss-reactive ketones (excluding diaryl/α,β-unsaturated/α-hetero) is 1. The van der Waals surface area contributed by atoms with E-state index < -0.39 is 5.92 Å². The number of ketones is 1. The van der Waals surface area contributed by atoms with Gasteiger partial charge < -0.3 is 15.6 Å². The molecule has 1 aliphatic heterocycles. The fourth-order valence-electron chi connectivity index (χ4n) is 4.62. The van der Waals surface area contributed by atoms with Crippen LogP contribution in [-0.2, 0) is 4.79 Å². The highest BCUT2D eigenvalue weighted by Crippen LogP contribution is 2.51. The Balaban J connectivity index is 2.02. The zero-order valence-corrected chi connectivity index (χ0v) is 19.7. The first-order chi connectivity index (χ1) is 15.2. The van der Waals surface area contributed by atoms with E-state index in [1.807, 2.05) is 29.2 Å². The molecule has 0 radical (unpaired) electrons. The largest absolute Gasteiger partial charge is 0.504 e. The van der Waals surface area contributed by atoms with Gasteiger partial charge in [-0.3, -0.25) is 9.69 Å². The number of rotatable bonds is 3. The summed E-state index contributed by atoms with van der Waals surface area (Å²) in [6.07, 6.45) is 1.00. The van der Waals surface area contributed by atoms with Crippen LogP contribution in [0.4, 0.5) is 5.69 Å². The smallest absolute Gasteiger partial charge is 0.162 e. The molecule has 2 aromatic rings. The normalized spacial score (nSPS) is 20.2. The number of hydrogen-bond acceptors (Lipinski definition) is 6. The van der Waals surface area contributed by atoms with Gasteiger partial charge in [0.05, 0.1) is 30.4 Å². The average Bonchev–Trinajstić information content (AvgIpc) is 2.73. The number of hydrogen-bond donors (Lipinski definition) is 2. The van der Waals surface area contributed by atoms with E-state index in [0.717, 1.165) is 15.9 Å². The van der Waals surface area contributed by atoms with Crippen molar-refractivity contribution in [3.63, 3.8) is 0 Å². The van der Waals surface area contributed by atoms with E-state index in [-0.39, 0.29) is 22.7 Å².